The number of rotatable bonds is 6. The van der Waals surface area contributed by atoms with Crippen LogP contribution >= 0.6 is 0 Å². The zero-order valence-corrected chi connectivity index (χ0v) is 38.2. The third-order valence-electron chi connectivity index (χ3n) is 17.8. The number of nitrogens with zero attached hydrogens (tertiary/aromatic N) is 2. The van der Waals surface area contributed by atoms with Gasteiger partial charge in [-0.05, 0) is 182 Å². The first-order valence-electron chi connectivity index (χ1n) is 24.8. The Kier molecular flexibility index (Phi) is 7.77. The maximum atomic E-state index is 2.57. The molecule has 4 fully saturated rings. The molecule has 2 heteroatoms. The highest BCUT2D eigenvalue weighted by Gasteiger charge is 2.61. The molecule has 10 aromatic rings. The van der Waals surface area contributed by atoms with Crippen molar-refractivity contribution in [1.82, 2.24) is 0 Å². The zero-order valence-electron chi connectivity index (χ0n) is 38.2. The van der Waals surface area contributed by atoms with Gasteiger partial charge in [0.05, 0.1) is 11.4 Å². The Balaban J connectivity index is 0.919. The molecule has 2 nitrogen and oxygen atoms in total. The highest BCUT2D eigenvalue weighted by atomic mass is 15.2. The highest BCUT2D eigenvalue weighted by molar-refractivity contribution is 6.28. The zero-order chi connectivity index (χ0) is 44.2. The summed E-state index contributed by atoms with van der Waals surface area (Å²) in [7, 11) is 0. The average Bonchev–Trinajstić information content (AvgIpc) is 3.78. The molecule has 0 heterocycles. The van der Waals surface area contributed by atoms with Gasteiger partial charge >= 0.3 is 0 Å². The van der Waals surface area contributed by atoms with E-state index < -0.39 is 0 Å². The van der Waals surface area contributed by atoms with Crippen LogP contribution in [0.3, 0.4) is 0 Å². The molecular weight excluding hydrogens is 809 g/mol. The molecule has 10 aromatic carbocycles. The highest BCUT2D eigenvalue weighted by Crippen LogP contribution is 2.69. The SMILES string of the molecule is CC1(C)c2ccccc2-c2ccc(N(c3ccccc3)c3ccc4ccc5c(N(c6ccccc6)c6ccc7c(c6)-c6ccccc6C76C7CC8CC(C7)CC6C8)ccc6ccc3c4c65)cc21. The van der Waals surface area contributed by atoms with Crippen LogP contribution in [0.1, 0.15) is 68.2 Å². The van der Waals surface area contributed by atoms with Crippen LogP contribution in [0.4, 0.5) is 34.1 Å². The first kappa shape index (κ1) is 38.0. The standard InChI is InChI=1S/C65H52N2/c1-64(2)56-19-11-9-17-50(56)52-29-25-49(39-59(52)64)67(47-15-7-4-8-16-47)61-32-24-43-21-27-53-60(31-23-42-22-28-54(61)63(43)62(42)53)66(46-13-5-3-6-14-46)48-26-30-58-55(38-48)51-18-10-12-20-57(51)65(58)44-34-40-33-41(36-44)37-45(65)35-40/h3-32,38-41,44-45H,33-37H2,1-2H3. The first-order valence-corrected chi connectivity index (χ1v) is 24.8. The van der Waals surface area contributed by atoms with Gasteiger partial charge in [-0.2, -0.15) is 0 Å². The number of benzene rings is 10. The van der Waals surface area contributed by atoms with E-state index in [1.807, 2.05) is 0 Å². The molecule has 16 rings (SSSR count). The first-order chi connectivity index (χ1) is 32.9. The predicted molar refractivity (Wildman–Crippen MR) is 280 cm³/mol. The van der Waals surface area contributed by atoms with Gasteiger partial charge in [0.2, 0.25) is 0 Å². The molecule has 0 aromatic heterocycles. The van der Waals surface area contributed by atoms with Gasteiger partial charge in [-0.25, -0.2) is 0 Å². The monoisotopic (exact) mass is 860 g/mol. The third-order valence-corrected chi connectivity index (χ3v) is 17.8. The predicted octanol–water partition coefficient (Wildman–Crippen LogP) is 17.6. The van der Waals surface area contributed by atoms with E-state index in [0.717, 1.165) is 29.4 Å². The van der Waals surface area contributed by atoms with Crippen molar-refractivity contribution in [3.63, 3.8) is 0 Å². The molecule has 0 unspecified atom stereocenters. The van der Waals surface area contributed by atoms with Crippen LogP contribution in [-0.2, 0) is 10.8 Å². The van der Waals surface area contributed by atoms with Crippen molar-refractivity contribution in [2.24, 2.45) is 23.7 Å². The van der Waals surface area contributed by atoms with Gasteiger partial charge in [-0.3, -0.25) is 0 Å². The summed E-state index contributed by atoms with van der Waals surface area (Å²) in [5.41, 5.74) is 18.7. The van der Waals surface area contributed by atoms with Crippen molar-refractivity contribution in [2.75, 3.05) is 9.80 Å². The van der Waals surface area contributed by atoms with E-state index in [9.17, 15) is 0 Å². The van der Waals surface area contributed by atoms with Gasteiger partial charge in [0.15, 0.2) is 0 Å². The van der Waals surface area contributed by atoms with Crippen molar-refractivity contribution in [1.29, 1.82) is 0 Å². The molecule has 6 aliphatic carbocycles. The molecule has 1 spiro atoms. The van der Waals surface area contributed by atoms with Crippen LogP contribution in [0, 0.1) is 23.7 Å². The van der Waals surface area contributed by atoms with Crippen LogP contribution in [0.5, 0.6) is 0 Å². The second-order valence-electron chi connectivity index (χ2n) is 21.3. The number of fused-ring (bicyclic) bond motifs is 6. The summed E-state index contributed by atoms with van der Waals surface area (Å²) < 4.78 is 0. The molecule has 6 aliphatic rings. The van der Waals surface area contributed by atoms with Gasteiger partial charge in [-0.1, -0.05) is 147 Å². The van der Waals surface area contributed by atoms with Crippen molar-refractivity contribution in [3.05, 3.63) is 216 Å². The van der Waals surface area contributed by atoms with E-state index in [2.05, 4.69) is 218 Å². The van der Waals surface area contributed by atoms with E-state index in [1.165, 1.54) is 126 Å². The summed E-state index contributed by atoms with van der Waals surface area (Å²) >= 11 is 0. The number of para-hydroxylation sites is 2. The number of hydrogen-bond donors (Lipinski definition) is 0. The molecule has 0 amide bonds. The Labute approximate surface area is 393 Å². The normalized spacial score (nSPS) is 22.4. The Morgan fingerprint density at radius 2 is 0.821 bits per heavy atom. The lowest BCUT2D eigenvalue weighted by Gasteiger charge is -2.61. The van der Waals surface area contributed by atoms with E-state index in [-0.39, 0.29) is 10.8 Å². The van der Waals surface area contributed by atoms with Crippen LogP contribution in [0.25, 0.3) is 54.6 Å². The van der Waals surface area contributed by atoms with E-state index in [1.54, 1.807) is 11.1 Å². The van der Waals surface area contributed by atoms with Crippen molar-refractivity contribution >= 4 is 66.4 Å². The number of anilines is 6. The molecule has 0 N–H and O–H groups in total. The maximum absolute atomic E-state index is 2.57. The van der Waals surface area contributed by atoms with Crippen LogP contribution in [-0.4, -0.2) is 0 Å². The molecular formula is C65H52N2. The van der Waals surface area contributed by atoms with Gasteiger partial charge in [0.25, 0.3) is 0 Å². The summed E-state index contributed by atoms with van der Waals surface area (Å²) in [6.45, 7) is 4.75. The lowest BCUT2D eigenvalue weighted by molar-refractivity contribution is -0.0399. The lowest BCUT2D eigenvalue weighted by atomic mass is 9.43. The van der Waals surface area contributed by atoms with E-state index >= 15 is 0 Å². The Morgan fingerprint density at radius 1 is 0.358 bits per heavy atom. The second kappa shape index (κ2) is 13.7. The molecule has 4 saturated carbocycles. The minimum atomic E-state index is -0.104. The summed E-state index contributed by atoms with van der Waals surface area (Å²) in [4.78, 5) is 5.03. The van der Waals surface area contributed by atoms with E-state index in [0.29, 0.717) is 0 Å². The quantitative estimate of drug-likeness (QED) is 0.154. The summed E-state index contributed by atoms with van der Waals surface area (Å²) in [6, 6.07) is 74.1. The fraction of sp³-hybridized carbons (Fsp3) is 0.200. The van der Waals surface area contributed by atoms with Gasteiger partial charge < -0.3 is 9.80 Å². The smallest absolute Gasteiger partial charge is 0.0540 e. The van der Waals surface area contributed by atoms with Crippen molar-refractivity contribution < 1.29 is 0 Å². The summed E-state index contributed by atoms with van der Waals surface area (Å²) in [6.07, 6.45) is 7.05. The van der Waals surface area contributed by atoms with Crippen molar-refractivity contribution in [3.8, 4) is 22.3 Å². The molecule has 322 valence electrons. The summed E-state index contributed by atoms with van der Waals surface area (Å²) in [5.74, 6) is 3.34. The minimum Gasteiger partial charge on any atom is -0.310 e. The fourth-order valence-corrected chi connectivity index (χ4v) is 15.3. The van der Waals surface area contributed by atoms with Gasteiger partial charge in [0.1, 0.15) is 0 Å². The summed E-state index contributed by atoms with van der Waals surface area (Å²) in [5, 5.41) is 7.65. The Hall–Kier alpha value is -7.16. The topological polar surface area (TPSA) is 6.48 Å². The lowest BCUT2D eigenvalue weighted by Crippen LogP contribution is -2.55. The molecule has 4 bridgehead atoms. The van der Waals surface area contributed by atoms with Crippen LogP contribution in [0.2, 0.25) is 0 Å². The van der Waals surface area contributed by atoms with Gasteiger partial charge in [0, 0.05) is 44.4 Å². The van der Waals surface area contributed by atoms with E-state index in [4.69, 9.17) is 0 Å². The maximum Gasteiger partial charge on any atom is 0.0540 e. The Bertz CT molecular complexity index is 3610. The van der Waals surface area contributed by atoms with Crippen molar-refractivity contribution in [2.45, 2.75) is 56.8 Å². The molecule has 0 atom stereocenters. The minimum absolute atomic E-state index is 0.104. The Morgan fingerprint density at radius 3 is 1.42 bits per heavy atom. The average molecular weight is 861 g/mol. The van der Waals surface area contributed by atoms with Gasteiger partial charge in [-0.15, -0.1) is 0 Å². The largest absolute Gasteiger partial charge is 0.310 e. The molecule has 0 saturated heterocycles. The van der Waals surface area contributed by atoms with Crippen LogP contribution in [0.15, 0.2) is 194 Å². The molecule has 0 aliphatic heterocycles. The molecule has 0 radical (unpaired) electrons. The molecule has 67 heavy (non-hydrogen) atoms. The second-order valence-corrected chi connectivity index (χ2v) is 21.3. The number of hydrogen-bond acceptors (Lipinski definition) is 2. The third kappa shape index (κ3) is 5.11. The van der Waals surface area contributed by atoms with Crippen LogP contribution < -0.4 is 9.80 Å². The fourth-order valence-electron chi connectivity index (χ4n) is 15.3.